The van der Waals surface area contributed by atoms with Crippen molar-refractivity contribution < 1.29 is 13.2 Å². The molecule has 1 saturated heterocycles. The molecule has 0 aromatic rings. The van der Waals surface area contributed by atoms with Crippen molar-refractivity contribution >= 4 is 15.7 Å². The molecule has 0 spiro atoms. The largest absolute Gasteiger partial charge is 0.355 e. The van der Waals surface area contributed by atoms with Gasteiger partial charge in [-0.05, 0) is 12.8 Å². The van der Waals surface area contributed by atoms with Crippen LogP contribution in [0.2, 0.25) is 0 Å². The molecule has 1 rings (SSSR count). The first-order valence-electron chi connectivity index (χ1n) is 5.16. The van der Waals surface area contributed by atoms with Crippen LogP contribution in [0.3, 0.4) is 0 Å². The van der Waals surface area contributed by atoms with Crippen molar-refractivity contribution in [3.05, 3.63) is 0 Å². The highest BCUT2D eigenvalue weighted by molar-refractivity contribution is 7.92. The Kier molecular flexibility index (Phi) is 4.10. The lowest BCUT2D eigenvalue weighted by Crippen LogP contribution is -2.39. The van der Waals surface area contributed by atoms with Gasteiger partial charge in [0.1, 0.15) is 0 Å². The number of sulfone groups is 1. The average Bonchev–Trinajstić information content (AvgIpc) is 2.53. The fourth-order valence-corrected chi connectivity index (χ4v) is 3.35. The number of nitrogens with two attached hydrogens (primary N) is 1. The van der Waals surface area contributed by atoms with Crippen LogP contribution in [0.4, 0.5) is 0 Å². The van der Waals surface area contributed by atoms with E-state index in [1.165, 1.54) is 0 Å². The summed E-state index contributed by atoms with van der Waals surface area (Å²) in [6, 6.07) is 0. The SMILES string of the molecule is CC(CN)C(=O)NCC1CCCS1(=O)=O. The van der Waals surface area contributed by atoms with Gasteiger partial charge in [-0.1, -0.05) is 6.92 Å². The molecular weight excluding hydrogens is 216 g/mol. The van der Waals surface area contributed by atoms with Gasteiger partial charge in [-0.25, -0.2) is 8.42 Å². The quantitative estimate of drug-likeness (QED) is 0.671. The summed E-state index contributed by atoms with van der Waals surface area (Å²) in [5.74, 6) is -0.173. The summed E-state index contributed by atoms with van der Waals surface area (Å²) in [7, 11) is -2.96. The van der Waals surface area contributed by atoms with Crippen LogP contribution in [0.15, 0.2) is 0 Å². The first-order chi connectivity index (χ1) is 6.97. The molecule has 0 aromatic carbocycles. The first-order valence-corrected chi connectivity index (χ1v) is 6.88. The number of rotatable bonds is 4. The maximum Gasteiger partial charge on any atom is 0.224 e. The molecule has 0 bridgehead atoms. The molecule has 0 saturated carbocycles. The highest BCUT2D eigenvalue weighted by Gasteiger charge is 2.31. The minimum Gasteiger partial charge on any atom is -0.355 e. The van der Waals surface area contributed by atoms with Crippen molar-refractivity contribution in [3.63, 3.8) is 0 Å². The topological polar surface area (TPSA) is 89.3 Å². The van der Waals surface area contributed by atoms with Crippen LogP contribution in [0.5, 0.6) is 0 Å². The Bertz CT molecular complexity index is 326. The molecular formula is C9H18N2O3S. The van der Waals surface area contributed by atoms with Crippen molar-refractivity contribution in [1.29, 1.82) is 0 Å². The molecule has 1 aliphatic heterocycles. The average molecular weight is 234 g/mol. The fourth-order valence-electron chi connectivity index (χ4n) is 1.58. The second-order valence-electron chi connectivity index (χ2n) is 4.01. The Morgan fingerprint density at radius 2 is 2.27 bits per heavy atom. The standard InChI is InChI=1S/C9H18N2O3S/c1-7(5-10)9(12)11-6-8-3-2-4-15(8,13)14/h7-8H,2-6,10H2,1H3,(H,11,12). The van der Waals surface area contributed by atoms with Crippen molar-refractivity contribution in [3.8, 4) is 0 Å². The fraction of sp³-hybridized carbons (Fsp3) is 0.889. The molecule has 2 unspecified atom stereocenters. The van der Waals surface area contributed by atoms with E-state index < -0.39 is 15.1 Å². The summed E-state index contributed by atoms with van der Waals surface area (Å²) in [6.45, 7) is 2.23. The van der Waals surface area contributed by atoms with Crippen molar-refractivity contribution in [1.82, 2.24) is 5.32 Å². The number of carbonyl (C=O) groups excluding carboxylic acids is 1. The van der Waals surface area contributed by atoms with E-state index in [4.69, 9.17) is 5.73 Å². The molecule has 1 heterocycles. The molecule has 1 amide bonds. The Hall–Kier alpha value is -0.620. The van der Waals surface area contributed by atoms with E-state index in [2.05, 4.69) is 5.32 Å². The third-order valence-electron chi connectivity index (χ3n) is 2.77. The lowest BCUT2D eigenvalue weighted by molar-refractivity contribution is -0.124. The third-order valence-corrected chi connectivity index (χ3v) is 5.04. The second-order valence-corrected chi connectivity index (χ2v) is 6.41. The van der Waals surface area contributed by atoms with Gasteiger partial charge in [-0.15, -0.1) is 0 Å². The molecule has 3 N–H and O–H groups in total. The number of hydrogen-bond donors (Lipinski definition) is 2. The Morgan fingerprint density at radius 3 is 2.73 bits per heavy atom. The van der Waals surface area contributed by atoms with Crippen LogP contribution in [-0.2, 0) is 14.6 Å². The molecule has 0 aromatic heterocycles. The highest BCUT2D eigenvalue weighted by Crippen LogP contribution is 2.19. The van der Waals surface area contributed by atoms with Gasteiger partial charge in [0, 0.05) is 19.0 Å². The zero-order valence-electron chi connectivity index (χ0n) is 8.90. The summed E-state index contributed by atoms with van der Waals surface area (Å²) in [5, 5.41) is 2.24. The van der Waals surface area contributed by atoms with Crippen molar-refractivity contribution in [2.24, 2.45) is 11.7 Å². The number of nitrogens with one attached hydrogen (secondary N) is 1. The minimum atomic E-state index is -2.96. The van der Waals surface area contributed by atoms with E-state index in [-0.39, 0.29) is 30.7 Å². The van der Waals surface area contributed by atoms with Gasteiger partial charge >= 0.3 is 0 Å². The Balaban J connectivity index is 2.41. The molecule has 15 heavy (non-hydrogen) atoms. The van der Waals surface area contributed by atoms with Crippen LogP contribution in [0.25, 0.3) is 0 Å². The van der Waals surface area contributed by atoms with E-state index in [1.807, 2.05) is 0 Å². The molecule has 1 fully saturated rings. The van der Waals surface area contributed by atoms with Gasteiger partial charge in [0.15, 0.2) is 9.84 Å². The summed E-state index contributed by atoms with van der Waals surface area (Å²) < 4.78 is 22.9. The molecule has 0 radical (unpaired) electrons. The van der Waals surface area contributed by atoms with Gasteiger partial charge in [0.2, 0.25) is 5.91 Å². The number of carbonyl (C=O) groups is 1. The van der Waals surface area contributed by atoms with Gasteiger partial charge in [0.25, 0.3) is 0 Å². The van der Waals surface area contributed by atoms with Crippen LogP contribution in [0.1, 0.15) is 19.8 Å². The summed E-state index contributed by atoms with van der Waals surface area (Å²) in [5.41, 5.74) is 5.33. The molecule has 0 aliphatic carbocycles. The second kappa shape index (κ2) is 4.94. The van der Waals surface area contributed by atoms with Crippen LogP contribution < -0.4 is 11.1 Å². The van der Waals surface area contributed by atoms with Gasteiger partial charge in [0.05, 0.1) is 11.0 Å². The third kappa shape index (κ3) is 3.17. The summed E-state index contributed by atoms with van der Waals surface area (Å²) in [6.07, 6.45) is 1.36. The van der Waals surface area contributed by atoms with E-state index >= 15 is 0 Å². The molecule has 88 valence electrons. The maximum absolute atomic E-state index is 11.4. The zero-order valence-corrected chi connectivity index (χ0v) is 9.72. The zero-order chi connectivity index (χ0) is 11.5. The Morgan fingerprint density at radius 1 is 1.60 bits per heavy atom. The predicted octanol–water partition coefficient (Wildman–Crippen LogP) is -0.725. The highest BCUT2D eigenvalue weighted by atomic mass is 32.2. The van der Waals surface area contributed by atoms with Gasteiger partial charge in [-0.2, -0.15) is 0 Å². The van der Waals surface area contributed by atoms with Crippen LogP contribution in [0, 0.1) is 5.92 Å². The smallest absolute Gasteiger partial charge is 0.224 e. The first kappa shape index (κ1) is 12.4. The summed E-state index contributed by atoms with van der Waals surface area (Å²) in [4.78, 5) is 11.4. The van der Waals surface area contributed by atoms with Crippen LogP contribution >= 0.6 is 0 Å². The molecule has 5 nitrogen and oxygen atoms in total. The molecule has 2 atom stereocenters. The van der Waals surface area contributed by atoms with E-state index in [1.54, 1.807) is 6.92 Å². The van der Waals surface area contributed by atoms with E-state index in [0.717, 1.165) is 0 Å². The predicted molar refractivity (Wildman–Crippen MR) is 58.0 cm³/mol. The lowest BCUT2D eigenvalue weighted by atomic mass is 10.1. The van der Waals surface area contributed by atoms with Gasteiger partial charge < -0.3 is 11.1 Å². The number of hydrogen-bond acceptors (Lipinski definition) is 4. The maximum atomic E-state index is 11.4. The van der Waals surface area contributed by atoms with Crippen LogP contribution in [-0.4, -0.2) is 38.4 Å². The lowest BCUT2D eigenvalue weighted by Gasteiger charge is -2.13. The van der Waals surface area contributed by atoms with E-state index in [9.17, 15) is 13.2 Å². The van der Waals surface area contributed by atoms with E-state index in [0.29, 0.717) is 12.8 Å². The number of amides is 1. The minimum absolute atomic E-state index is 0.167. The van der Waals surface area contributed by atoms with Gasteiger partial charge in [-0.3, -0.25) is 4.79 Å². The monoisotopic (exact) mass is 234 g/mol. The Labute approximate surface area is 90.3 Å². The summed E-state index contributed by atoms with van der Waals surface area (Å²) >= 11 is 0. The normalized spacial score (nSPS) is 26.1. The van der Waals surface area contributed by atoms with Crippen molar-refractivity contribution in [2.75, 3.05) is 18.8 Å². The molecule has 1 aliphatic rings. The van der Waals surface area contributed by atoms with Crippen molar-refractivity contribution in [2.45, 2.75) is 25.0 Å². The molecule has 6 heteroatoms.